The number of benzene rings is 9. The van der Waals surface area contributed by atoms with Gasteiger partial charge >= 0.3 is 0 Å². The van der Waals surface area contributed by atoms with Crippen LogP contribution in [-0.4, -0.2) is 16.1 Å². The number of amidine groups is 1. The van der Waals surface area contributed by atoms with Crippen LogP contribution in [0.5, 0.6) is 0 Å². The summed E-state index contributed by atoms with van der Waals surface area (Å²) >= 11 is 1.86. The number of thiophene rings is 1. The molecule has 0 bridgehead atoms. The van der Waals surface area contributed by atoms with Gasteiger partial charge in [-0.3, -0.25) is 4.99 Å². The average Bonchev–Trinajstić information content (AvgIpc) is 3.65. The number of allylic oxidation sites excluding steroid dienone is 4. The lowest BCUT2D eigenvalue weighted by atomic mass is 9.92. The molecule has 0 spiro atoms. The molecule has 2 aliphatic carbocycles. The Balaban J connectivity index is 1.03. The molecule has 67 heavy (non-hydrogen) atoms. The van der Waals surface area contributed by atoms with E-state index < -0.39 is 5.54 Å². The molecule has 3 aliphatic rings. The topological polar surface area (TPSA) is 42.8 Å². The number of hydrogen-bond donors (Lipinski definition) is 0. The van der Waals surface area contributed by atoms with Gasteiger partial charge in [-0.05, 0) is 106 Å². The summed E-state index contributed by atoms with van der Waals surface area (Å²) in [5.41, 5.74) is 11.3. The summed E-state index contributed by atoms with van der Waals surface area (Å²) in [4.78, 5) is 11.6. The first-order valence-electron chi connectivity index (χ1n) is 23.5. The predicted molar refractivity (Wildman–Crippen MR) is 283 cm³/mol. The second kappa shape index (κ2) is 13.8. The first-order valence-corrected chi connectivity index (χ1v) is 24.3. The molecule has 0 saturated heterocycles. The van der Waals surface area contributed by atoms with Crippen molar-refractivity contribution in [1.29, 1.82) is 0 Å². The van der Waals surface area contributed by atoms with Gasteiger partial charge < -0.3 is 8.98 Å². The summed E-state index contributed by atoms with van der Waals surface area (Å²) in [7, 11) is 0. The number of furan rings is 1. The van der Waals surface area contributed by atoms with Gasteiger partial charge in [0.25, 0.3) is 0 Å². The van der Waals surface area contributed by atoms with Gasteiger partial charge in [0.2, 0.25) is 0 Å². The highest BCUT2D eigenvalue weighted by Crippen LogP contribution is 2.66. The van der Waals surface area contributed by atoms with Gasteiger partial charge in [0.05, 0.1) is 22.4 Å². The van der Waals surface area contributed by atoms with Crippen LogP contribution >= 0.6 is 11.3 Å². The highest BCUT2D eigenvalue weighted by atomic mass is 32.1. The van der Waals surface area contributed by atoms with Crippen LogP contribution in [0.1, 0.15) is 42.0 Å². The van der Waals surface area contributed by atoms with Crippen molar-refractivity contribution in [2.24, 2.45) is 21.8 Å². The number of rotatable bonds is 5. The molecule has 4 heterocycles. The van der Waals surface area contributed by atoms with Crippen LogP contribution in [0.3, 0.4) is 0 Å². The summed E-state index contributed by atoms with van der Waals surface area (Å²) in [5.74, 6) is 0.922. The zero-order chi connectivity index (χ0) is 44.0. The lowest BCUT2D eigenvalue weighted by molar-refractivity contribution is 0.639. The first-order chi connectivity index (χ1) is 33.1. The quantitative estimate of drug-likeness (QED) is 0.170. The number of aliphatic imine (C=N–C) groups is 2. The van der Waals surface area contributed by atoms with Crippen molar-refractivity contribution < 1.29 is 4.42 Å². The Morgan fingerprint density at radius 1 is 0.567 bits per heavy atom. The van der Waals surface area contributed by atoms with Crippen LogP contribution in [0.2, 0.25) is 0 Å². The third kappa shape index (κ3) is 5.35. The van der Waals surface area contributed by atoms with E-state index in [-0.39, 0.29) is 11.8 Å². The summed E-state index contributed by atoms with van der Waals surface area (Å²) in [6.07, 6.45) is 9.02. The lowest BCUT2D eigenvalue weighted by Crippen LogP contribution is -2.24. The SMILES string of the molecule is CC1C2C(c3ccc4c(c3)sc3ccccc34)=NC(c3ccc(C4=CCCC=C4)cc3)=N[C@]12c1ccc2c(oc3ccccc32)c1-n1c2cc3ccccc3cc2c2cc3ccccc3cc21. The zero-order valence-electron chi connectivity index (χ0n) is 36.7. The molecular formula is C62H41N3OS. The fourth-order valence-electron chi connectivity index (χ4n) is 11.9. The first kappa shape index (κ1) is 37.4. The van der Waals surface area contributed by atoms with Crippen LogP contribution in [0, 0.1) is 11.8 Å². The minimum Gasteiger partial charge on any atom is -0.454 e. The maximum Gasteiger partial charge on any atom is 0.159 e. The molecule has 3 aromatic heterocycles. The largest absolute Gasteiger partial charge is 0.454 e. The van der Waals surface area contributed by atoms with E-state index in [1.165, 1.54) is 63.6 Å². The number of nitrogens with zero attached hydrogens (tertiary/aromatic N) is 3. The van der Waals surface area contributed by atoms with E-state index >= 15 is 0 Å². The van der Waals surface area contributed by atoms with Crippen molar-refractivity contribution in [2.75, 3.05) is 0 Å². The zero-order valence-corrected chi connectivity index (χ0v) is 37.5. The Morgan fingerprint density at radius 2 is 1.19 bits per heavy atom. The van der Waals surface area contributed by atoms with Crippen LogP contribution in [0.15, 0.2) is 209 Å². The third-order valence-corrected chi connectivity index (χ3v) is 16.3. The van der Waals surface area contributed by atoms with Gasteiger partial charge in [-0.2, -0.15) is 0 Å². The van der Waals surface area contributed by atoms with Crippen molar-refractivity contribution in [3.63, 3.8) is 0 Å². The Hall–Kier alpha value is -7.86. The molecule has 1 fully saturated rings. The monoisotopic (exact) mass is 875 g/mol. The molecule has 1 saturated carbocycles. The molecule has 15 rings (SSSR count). The van der Waals surface area contributed by atoms with Gasteiger partial charge in [-0.15, -0.1) is 11.3 Å². The second-order valence-electron chi connectivity index (χ2n) is 18.8. The smallest absolute Gasteiger partial charge is 0.159 e. The highest BCUT2D eigenvalue weighted by molar-refractivity contribution is 7.25. The number of fused-ring (bicyclic) bond motifs is 12. The molecule has 12 aromatic rings. The summed E-state index contributed by atoms with van der Waals surface area (Å²) in [5, 5.41) is 12.1. The van der Waals surface area contributed by atoms with Crippen molar-refractivity contribution in [3.05, 3.63) is 216 Å². The Labute approximate surface area is 390 Å². The normalized spacial score (nSPS) is 19.3. The minimum absolute atomic E-state index is 0.0233. The Morgan fingerprint density at radius 3 is 1.93 bits per heavy atom. The summed E-state index contributed by atoms with van der Waals surface area (Å²) in [6.45, 7) is 2.38. The molecular weight excluding hydrogens is 835 g/mol. The predicted octanol–water partition coefficient (Wildman–Crippen LogP) is 16.5. The maximum absolute atomic E-state index is 7.17. The molecule has 5 heteroatoms. The summed E-state index contributed by atoms with van der Waals surface area (Å²) < 4.78 is 12.3. The molecule has 3 atom stereocenters. The molecule has 0 radical (unpaired) electrons. The van der Waals surface area contributed by atoms with Gasteiger partial charge in [-0.1, -0.05) is 153 Å². The second-order valence-corrected chi connectivity index (χ2v) is 19.8. The van der Waals surface area contributed by atoms with E-state index in [2.05, 4.69) is 206 Å². The molecule has 316 valence electrons. The molecule has 4 nitrogen and oxygen atoms in total. The maximum atomic E-state index is 7.17. The molecule has 2 unspecified atom stereocenters. The van der Waals surface area contributed by atoms with Crippen molar-refractivity contribution in [2.45, 2.75) is 25.3 Å². The Kier molecular flexibility index (Phi) is 7.72. The Bertz CT molecular complexity index is 4160. The fraction of sp³-hybridized carbons (Fsp3) is 0.0968. The minimum atomic E-state index is -0.645. The number of para-hydroxylation sites is 1. The van der Waals surface area contributed by atoms with Crippen LogP contribution < -0.4 is 0 Å². The van der Waals surface area contributed by atoms with Crippen molar-refractivity contribution >= 4 is 114 Å². The third-order valence-electron chi connectivity index (χ3n) is 15.2. The fourth-order valence-corrected chi connectivity index (χ4v) is 13.0. The van der Waals surface area contributed by atoms with E-state index in [0.29, 0.717) is 0 Å². The molecule has 0 amide bonds. The van der Waals surface area contributed by atoms with Gasteiger partial charge in [0.1, 0.15) is 11.1 Å². The van der Waals surface area contributed by atoms with Crippen LogP contribution in [0.25, 0.3) is 96.7 Å². The van der Waals surface area contributed by atoms with Gasteiger partial charge in [0.15, 0.2) is 11.4 Å². The van der Waals surface area contributed by atoms with Gasteiger partial charge in [-0.25, -0.2) is 4.99 Å². The van der Waals surface area contributed by atoms with Crippen molar-refractivity contribution in [3.8, 4) is 5.69 Å². The molecule has 9 aromatic carbocycles. The molecule has 1 aliphatic heterocycles. The van der Waals surface area contributed by atoms with E-state index in [9.17, 15) is 0 Å². The molecule has 0 N–H and O–H groups in total. The van der Waals surface area contributed by atoms with Gasteiger partial charge in [0, 0.05) is 58.8 Å². The van der Waals surface area contributed by atoms with Crippen molar-refractivity contribution in [1.82, 2.24) is 4.57 Å². The van der Waals surface area contributed by atoms with E-state index in [0.717, 1.165) is 79.7 Å². The highest BCUT2D eigenvalue weighted by Gasteiger charge is 2.68. The van der Waals surface area contributed by atoms with E-state index in [4.69, 9.17) is 14.4 Å². The number of hydrogen-bond acceptors (Lipinski definition) is 4. The summed E-state index contributed by atoms with van der Waals surface area (Å²) in [6, 6.07) is 64.8. The van der Waals surface area contributed by atoms with E-state index in [1.54, 1.807) is 0 Å². The van der Waals surface area contributed by atoms with E-state index in [1.807, 2.05) is 11.3 Å². The average molecular weight is 876 g/mol. The standard InChI is InChI=1S/C62H41N3OS/c1-36-57-58(44-27-28-47-46-20-10-12-22-55(46)67-56(47)35-44)63-61(39-25-23-38(24-26-39)37-13-3-2-4-14-37)64-62(36,57)51-30-29-48-45-19-9-11-21-54(45)66-60(48)59(51)65-52-33-42-17-7-5-15-40(42)31-49(52)50-32-41-16-6-8-18-43(41)34-53(50)65/h3,5-36,57H,2,4H2,1H3/t36?,57?,62-/m0/s1. The number of aromatic nitrogens is 1. The van der Waals surface area contributed by atoms with Crippen LogP contribution in [0.4, 0.5) is 0 Å². The van der Waals surface area contributed by atoms with Crippen LogP contribution in [-0.2, 0) is 5.54 Å². The lowest BCUT2D eigenvalue weighted by Gasteiger charge is -2.25.